The quantitative estimate of drug-likeness (QED) is 0.195. The number of methoxy groups -OCH3 is 2. The van der Waals surface area contributed by atoms with Crippen LogP contribution in [0.4, 0.5) is 23.4 Å². The molecule has 1 aliphatic rings. The molecule has 14 nitrogen and oxygen atoms in total. The zero-order valence-electron chi connectivity index (χ0n) is 23.3. The number of benzene rings is 2. The second kappa shape index (κ2) is 11.4. The van der Waals surface area contributed by atoms with E-state index >= 15 is 0 Å². The first-order chi connectivity index (χ1) is 20.8. The van der Waals surface area contributed by atoms with E-state index in [0.717, 1.165) is 27.8 Å². The maximum atomic E-state index is 12.7. The predicted octanol–water partition coefficient (Wildman–Crippen LogP) is 2.24. The minimum absolute atomic E-state index is 0.00260. The van der Waals surface area contributed by atoms with Crippen molar-refractivity contribution in [3.63, 3.8) is 0 Å². The molecule has 43 heavy (non-hydrogen) atoms. The van der Waals surface area contributed by atoms with Crippen LogP contribution in [0.1, 0.15) is 0 Å². The molecule has 0 radical (unpaired) electrons. The van der Waals surface area contributed by atoms with Crippen LogP contribution < -0.4 is 35.1 Å². The molecule has 6 N–H and O–H groups in total. The van der Waals surface area contributed by atoms with Gasteiger partial charge in [0.05, 0.1) is 37.7 Å². The Kier molecular flexibility index (Phi) is 7.45. The summed E-state index contributed by atoms with van der Waals surface area (Å²) in [6, 6.07) is 11.7. The predicted molar refractivity (Wildman–Crippen MR) is 167 cm³/mol. The highest BCUT2D eigenvalue weighted by Crippen LogP contribution is 2.37. The lowest BCUT2D eigenvalue weighted by Gasteiger charge is -2.34. The molecule has 1 aliphatic heterocycles. The van der Waals surface area contributed by atoms with Gasteiger partial charge < -0.3 is 35.3 Å². The van der Waals surface area contributed by atoms with E-state index in [1.54, 1.807) is 32.4 Å². The van der Waals surface area contributed by atoms with Crippen LogP contribution in [0.2, 0.25) is 0 Å². The number of sulfonamides is 1. The fraction of sp³-hybridized carbons (Fsp3) is 0.222. The number of nitrogens with one attached hydrogen (secondary N) is 4. The molecule has 5 aromatic rings. The Balaban J connectivity index is 1.13. The van der Waals surface area contributed by atoms with Crippen molar-refractivity contribution in [3.05, 3.63) is 54.9 Å². The smallest absolute Gasteiger partial charge is 0.343 e. The van der Waals surface area contributed by atoms with Crippen molar-refractivity contribution in [1.29, 1.82) is 0 Å². The van der Waals surface area contributed by atoms with Crippen molar-refractivity contribution in [2.45, 2.75) is 4.90 Å². The number of hydrogen-bond acceptors (Lipinski definition) is 10. The van der Waals surface area contributed by atoms with Crippen molar-refractivity contribution in [2.75, 3.05) is 61.1 Å². The summed E-state index contributed by atoms with van der Waals surface area (Å²) in [5.41, 5.74) is 9.28. The van der Waals surface area contributed by atoms with Gasteiger partial charge in [0.15, 0.2) is 22.1 Å². The molecule has 4 heterocycles. The first-order valence-electron chi connectivity index (χ1n) is 13.2. The Morgan fingerprint density at radius 2 is 1.72 bits per heavy atom. The molecular weight excluding hydrogens is 592 g/mol. The number of thiocarbonyl (C=S) groups is 1. The number of fused-ring (bicyclic) bond motifs is 3. The summed E-state index contributed by atoms with van der Waals surface area (Å²) in [4.78, 5) is 23.4. The zero-order valence-corrected chi connectivity index (χ0v) is 24.9. The number of nitrogens with two attached hydrogens (primary N) is 1. The number of anilines is 4. The molecule has 0 unspecified atom stereocenters. The van der Waals surface area contributed by atoms with Gasteiger partial charge in [0, 0.05) is 42.6 Å². The molecule has 222 valence electrons. The van der Waals surface area contributed by atoms with Gasteiger partial charge in [-0.15, -0.1) is 4.98 Å². The van der Waals surface area contributed by atoms with Crippen molar-refractivity contribution in [1.82, 2.24) is 24.8 Å². The minimum atomic E-state index is -3.83. The van der Waals surface area contributed by atoms with Crippen LogP contribution in [0.5, 0.6) is 11.5 Å². The number of hydrogen-bond donors (Lipinski definition) is 4. The van der Waals surface area contributed by atoms with Crippen LogP contribution in [0.25, 0.3) is 21.9 Å². The molecule has 0 aliphatic carbocycles. The van der Waals surface area contributed by atoms with Gasteiger partial charge in [-0.2, -0.15) is 0 Å². The van der Waals surface area contributed by atoms with Gasteiger partial charge in [-0.25, -0.2) is 28.1 Å². The SMILES string of the molecule is COc1cc2[nH]c3c(N4CCN(C(=S)Nc5ccc(S(=O)(=O)Nc6ncccn6)cc5)CC4)[nH+]c(N)nc3c2cc1OC. The summed E-state index contributed by atoms with van der Waals surface area (Å²) in [6.45, 7) is 2.64. The van der Waals surface area contributed by atoms with Crippen molar-refractivity contribution >= 4 is 72.7 Å². The standard InChI is InChI=1S/C27H28N10O4S2/c1-40-20-14-18-19(15-21(20)41-2)32-23-22(18)33-25(28)34-24(23)36-10-12-37(13-11-36)27(42)31-16-4-6-17(7-5-16)43(38,39)35-26-29-8-3-9-30-26/h3-9,14-15,32H,10-13H2,1-2H3,(H,31,42)(H2,28,33,34)(H,29,30,35)/p+1. The molecule has 0 spiro atoms. The number of aromatic nitrogens is 5. The van der Waals surface area contributed by atoms with Crippen molar-refractivity contribution in [2.24, 2.45) is 0 Å². The van der Waals surface area contributed by atoms with Crippen molar-refractivity contribution < 1.29 is 22.9 Å². The third-order valence-corrected chi connectivity index (χ3v) is 8.79. The minimum Gasteiger partial charge on any atom is -0.493 e. The highest BCUT2D eigenvalue weighted by atomic mass is 32.2. The Bertz CT molecular complexity index is 1910. The molecule has 1 saturated heterocycles. The number of aromatic amines is 2. The van der Waals surface area contributed by atoms with Gasteiger partial charge in [0.25, 0.3) is 10.0 Å². The van der Waals surface area contributed by atoms with Gasteiger partial charge in [-0.05, 0) is 48.6 Å². The third-order valence-electron chi connectivity index (χ3n) is 7.08. The lowest BCUT2D eigenvalue weighted by Crippen LogP contribution is -2.51. The third kappa shape index (κ3) is 5.61. The summed E-state index contributed by atoms with van der Waals surface area (Å²) in [5, 5.41) is 4.62. The molecule has 16 heteroatoms. The van der Waals surface area contributed by atoms with E-state index in [1.807, 2.05) is 12.1 Å². The molecule has 0 amide bonds. The fourth-order valence-corrected chi connectivity index (χ4v) is 6.21. The summed E-state index contributed by atoms with van der Waals surface area (Å²) >= 11 is 5.67. The topological polar surface area (TPSA) is 178 Å². The van der Waals surface area contributed by atoms with Gasteiger partial charge >= 0.3 is 5.95 Å². The van der Waals surface area contributed by atoms with E-state index in [-0.39, 0.29) is 10.8 Å². The van der Waals surface area contributed by atoms with E-state index < -0.39 is 10.0 Å². The second-order valence-corrected chi connectivity index (χ2v) is 11.7. The van der Waals surface area contributed by atoms with Crippen LogP contribution in [0.15, 0.2) is 59.8 Å². The zero-order chi connectivity index (χ0) is 30.1. The number of piperazine rings is 1. The van der Waals surface area contributed by atoms with Gasteiger partial charge in [0.2, 0.25) is 11.8 Å². The number of nitrogens with zero attached hydrogens (tertiary/aromatic N) is 5. The summed E-state index contributed by atoms with van der Waals surface area (Å²) in [5.74, 6) is 2.36. The molecule has 1 fully saturated rings. The Labute approximate surface area is 252 Å². The number of ether oxygens (including phenoxy) is 2. The van der Waals surface area contributed by atoms with Crippen LogP contribution in [-0.4, -0.2) is 78.8 Å². The Hall–Kier alpha value is -4.96. The van der Waals surface area contributed by atoms with E-state index in [4.69, 9.17) is 27.4 Å². The molecule has 0 atom stereocenters. The van der Waals surface area contributed by atoms with Crippen LogP contribution in [0, 0.1) is 0 Å². The largest absolute Gasteiger partial charge is 0.493 e. The van der Waals surface area contributed by atoms with Gasteiger partial charge in [0.1, 0.15) is 5.52 Å². The van der Waals surface area contributed by atoms with E-state index in [0.29, 0.717) is 54.4 Å². The molecule has 3 aromatic heterocycles. The van der Waals surface area contributed by atoms with E-state index in [9.17, 15) is 8.42 Å². The second-order valence-electron chi connectivity index (χ2n) is 9.68. The number of nitrogen functional groups attached to an aromatic ring is 1. The van der Waals surface area contributed by atoms with E-state index in [1.165, 1.54) is 24.5 Å². The van der Waals surface area contributed by atoms with Gasteiger partial charge in [-0.3, -0.25) is 0 Å². The summed E-state index contributed by atoms with van der Waals surface area (Å²) in [7, 11) is -0.636. The molecule has 0 saturated carbocycles. The fourth-order valence-electron chi connectivity index (χ4n) is 4.95. The summed E-state index contributed by atoms with van der Waals surface area (Å²) < 4.78 is 38.6. The van der Waals surface area contributed by atoms with E-state index in [2.05, 4.69) is 44.8 Å². The number of rotatable bonds is 7. The first-order valence-corrected chi connectivity index (χ1v) is 15.1. The van der Waals surface area contributed by atoms with Crippen LogP contribution >= 0.6 is 12.2 Å². The summed E-state index contributed by atoms with van der Waals surface area (Å²) in [6.07, 6.45) is 2.92. The average Bonchev–Trinajstić information content (AvgIpc) is 3.37. The maximum Gasteiger partial charge on any atom is 0.343 e. The molecule has 6 rings (SSSR count). The monoisotopic (exact) mass is 621 g/mol. The van der Waals surface area contributed by atoms with Crippen LogP contribution in [-0.2, 0) is 10.0 Å². The molecule has 0 bridgehead atoms. The van der Waals surface area contributed by atoms with Crippen molar-refractivity contribution in [3.8, 4) is 11.5 Å². The van der Waals surface area contributed by atoms with Crippen LogP contribution in [0.3, 0.4) is 0 Å². The Morgan fingerprint density at radius 3 is 2.40 bits per heavy atom. The van der Waals surface area contributed by atoms with Gasteiger partial charge in [-0.1, -0.05) is 0 Å². The average molecular weight is 622 g/mol. The normalized spacial score (nSPS) is 13.7. The lowest BCUT2D eigenvalue weighted by molar-refractivity contribution is -0.348. The highest BCUT2D eigenvalue weighted by molar-refractivity contribution is 7.92. The molecule has 2 aromatic carbocycles. The maximum absolute atomic E-state index is 12.7. The highest BCUT2D eigenvalue weighted by Gasteiger charge is 2.27. The first kappa shape index (κ1) is 28.2. The number of H-pyrrole nitrogens is 2. The lowest BCUT2D eigenvalue weighted by atomic mass is 10.2. The molecular formula is C27H29N10O4S2+. The Morgan fingerprint density at radius 1 is 1.05 bits per heavy atom.